The maximum Gasteiger partial charge on any atom is 0.0124 e. The molecule has 0 aromatic heterocycles. The molecule has 1 fully saturated rings. The molecule has 0 aliphatic heterocycles. The van der Waals surface area contributed by atoms with Gasteiger partial charge in [-0.15, -0.1) is 0 Å². The molecule has 2 unspecified atom stereocenters. The van der Waals surface area contributed by atoms with Crippen molar-refractivity contribution >= 4 is 0 Å². The lowest BCUT2D eigenvalue weighted by molar-refractivity contribution is 0.205. The molecule has 0 aromatic rings. The second-order valence-corrected chi connectivity index (χ2v) is 5.26. The first-order chi connectivity index (χ1) is 7.42. The van der Waals surface area contributed by atoms with Crippen LogP contribution in [-0.2, 0) is 0 Å². The smallest absolute Gasteiger partial charge is 0.0124 e. The van der Waals surface area contributed by atoms with E-state index >= 15 is 0 Å². The standard InChI is InChI=1S/C14H25N/c1-15-14(12-8-4-2-5-9-12)13-10-6-3-7-11-13/h2,4,12-15H,3,5-11H2,1H3. The van der Waals surface area contributed by atoms with E-state index in [4.69, 9.17) is 0 Å². The highest BCUT2D eigenvalue weighted by atomic mass is 14.9. The molecule has 86 valence electrons. The van der Waals surface area contributed by atoms with Gasteiger partial charge in [0.1, 0.15) is 0 Å². The molecule has 0 aromatic carbocycles. The maximum atomic E-state index is 3.61. The second-order valence-electron chi connectivity index (χ2n) is 5.26. The van der Waals surface area contributed by atoms with Gasteiger partial charge in [-0.3, -0.25) is 0 Å². The minimum absolute atomic E-state index is 0.787. The van der Waals surface area contributed by atoms with Crippen LogP contribution in [-0.4, -0.2) is 13.1 Å². The van der Waals surface area contributed by atoms with E-state index in [-0.39, 0.29) is 0 Å². The fourth-order valence-corrected chi connectivity index (χ4v) is 3.49. The Labute approximate surface area is 94.3 Å². The molecule has 2 rings (SSSR count). The molecule has 0 bridgehead atoms. The third-order valence-corrected chi connectivity index (χ3v) is 4.31. The predicted molar refractivity (Wildman–Crippen MR) is 65.9 cm³/mol. The van der Waals surface area contributed by atoms with Crippen LogP contribution < -0.4 is 5.32 Å². The van der Waals surface area contributed by atoms with Gasteiger partial charge < -0.3 is 5.32 Å². The summed E-state index contributed by atoms with van der Waals surface area (Å²) in [6, 6.07) is 0.787. The Kier molecular flexibility index (Phi) is 4.25. The van der Waals surface area contributed by atoms with E-state index in [1.807, 2.05) is 0 Å². The molecule has 1 heteroatoms. The van der Waals surface area contributed by atoms with Crippen molar-refractivity contribution in [2.45, 2.75) is 57.4 Å². The highest BCUT2D eigenvalue weighted by Gasteiger charge is 2.28. The summed E-state index contributed by atoms with van der Waals surface area (Å²) < 4.78 is 0. The van der Waals surface area contributed by atoms with E-state index in [0.717, 1.165) is 17.9 Å². The molecule has 0 radical (unpaired) electrons. The van der Waals surface area contributed by atoms with E-state index in [0.29, 0.717) is 0 Å². The average Bonchev–Trinajstić information content (AvgIpc) is 2.33. The molecule has 1 saturated carbocycles. The van der Waals surface area contributed by atoms with Crippen molar-refractivity contribution < 1.29 is 0 Å². The zero-order chi connectivity index (χ0) is 10.5. The lowest BCUT2D eigenvalue weighted by Gasteiger charge is -2.36. The molecule has 1 N–H and O–H groups in total. The molecule has 0 heterocycles. The summed E-state index contributed by atoms with van der Waals surface area (Å²) in [6.45, 7) is 0. The number of hydrogen-bond acceptors (Lipinski definition) is 1. The zero-order valence-corrected chi connectivity index (χ0v) is 10.0. The van der Waals surface area contributed by atoms with Crippen LogP contribution in [0, 0.1) is 11.8 Å². The lowest BCUT2D eigenvalue weighted by atomic mass is 9.75. The molecular formula is C14H25N. The predicted octanol–water partition coefficient (Wildman–Crippen LogP) is 3.51. The van der Waals surface area contributed by atoms with Crippen molar-refractivity contribution in [2.24, 2.45) is 11.8 Å². The van der Waals surface area contributed by atoms with Crippen molar-refractivity contribution in [3.8, 4) is 0 Å². The molecule has 0 spiro atoms. The average molecular weight is 207 g/mol. The third-order valence-electron chi connectivity index (χ3n) is 4.31. The largest absolute Gasteiger partial charge is 0.316 e. The van der Waals surface area contributed by atoms with Crippen molar-refractivity contribution in [3.05, 3.63) is 12.2 Å². The van der Waals surface area contributed by atoms with Gasteiger partial charge in [-0.2, -0.15) is 0 Å². The van der Waals surface area contributed by atoms with Crippen LogP contribution >= 0.6 is 0 Å². The van der Waals surface area contributed by atoms with E-state index in [2.05, 4.69) is 24.5 Å². The van der Waals surface area contributed by atoms with Crippen molar-refractivity contribution in [2.75, 3.05) is 7.05 Å². The minimum Gasteiger partial charge on any atom is -0.316 e. The summed E-state index contributed by atoms with van der Waals surface area (Å²) in [7, 11) is 2.16. The van der Waals surface area contributed by atoms with Crippen LogP contribution in [0.5, 0.6) is 0 Å². The van der Waals surface area contributed by atoms with E-state index in [9.17, 15) is 0 Å². The molecular weight excluding hydrogens is 182 g/mol. The van der Waals surface area contributed by atoms with Gasteiger partial charge in [0.15, 0.2) is 0 Å². The fraction of sp³-hybridized carbons (Fsp3) is 0.857. The summed E-state index contributed by atoms with van der Waals surface area (Å²) in [4.78, 5) is 0. The summed E-state index contributed by atoms with van der Waals surface area (Å²) >= 11 is 0. The molecule has 15 heavy (non-hydrogen) atoms. The van der Waals surface area contributed by atoms with Gasteiger partial charge in [-0.25, -0.2) is 0 Å². The van der Waals surface area contributed by atoms with Gasteiger partial charge in [-0.05, 0) is 51.0 Å². The first-order valence-electron chi connectivity index (χ1n) is 6.74. The molecule has 0 amide bonds. The second kappa shape index (κ2) is 5.69. The van der Waals surface area contributed by atoms with Gasteiger partial charge in [0.25, 0.3) is 0 Å². The Balaban J connectivity index is 1.92. The van der Waals surface area contributed by atoms with Crippen LogP contribution in [0.3, 0.4) is 0 Å². The highest BCUT2D eigenvalue weighted by Crippen LogP contribution is 2.33. The monoisotopic (exact) mass is 207 g/mol. The third kappa shape index (κ3) is 2.84. The Bertz CT molecular complexity index is 203. The van der Waals surface area contributed by atoms with Crippen LogP contribution in [0.2, 0.25) is 0 Å². The summed E-state index contributed by atoms with van der Waals surface area (Å²) in [5.74, 6) is 1.86. The molecule has 2 atom stereocenters. The first-order valence-corrected chi connectivity index (χ1v) is 6.74. The lowest BCUT2D eigenvalue weighted by Crippen LogP contribution is -2.41. The summed E-state index contributed by atoms with van der Waals surface area (Å²) in [5.41, 5.74) is 0. The summed E-state index contributed by atoms with van der Waals surface area (Å²) in [6.07, 6.45) is 16.1. The van der Waals surface area contributed by atoms with Crippen molar-refractivity contribution in [1.82, 2.24) is 5.32 Å². The first kappa shape index (κ1) is 11.2. The Morgan fingerprint density at radius 3 is 2.40 bits per heavy atom. The molecule has 0 saturated heterocycles. The highest BCUT2D eigenvalue weighted by molar-refractivity contribution is 4.95. The minimum atomic E-state index is 0.787. The Hall–Kier alpha value is -0.300. The maximum absolute atomic E-state index is 3.61. The van der Waals surface area contributed by atoms with Gasteiger partial charge >= 0.3 is 0 Å². The Morgan fingerprint density at radius 1 is 1.00 bits per heavy atom. The van der Waals surface area contributed by atoms with Crippen molar-refractivity contribution in [3.63, 3.8) is 0 Å². The van der Waals surface area contributed by atoms with Crippen LogP contribution in [0.15, 0.2) is 12.2 Å². The summed E-state index contributed by atoms with van der Waals surface area (Å²) in [5, 5.41) is 3.61. The number of hydrogen-bond donors (Lipinski definition) is 1. The SMILES string of the molecule is CNC(C1CC=CCC1)C1CCCCC1. The van der Waals surface area contributed by atoms with E-state index < -0.39 is 0 Å². The quantitative estimate of drug-likeness (QED) is 0.698. The number of nitrogens with one attached hydrogen (secondary N) is 1. The van der Waals surface area contributed by atoms with Gasteiger partial charge in [0.05, 0.1) is 0 Å². The van der Waals surface area contributed by atoms with E-state index in [1.54, 1.807) is 0 Å². The molecule has 2 aliphatic carbocycles. The van der Waals surface area contributed by atoms with Crippen LogP contribution in [0.25, 0.3) is 0 Å². The fourth-order valence-electron chi connectivity index (χ4n) is 3.49. The number of allylic oxidation sites excluding steroid dienone is 2. The van der Waals surface area contributed by atoms with Crippen LogP contribution in [0.1, 0.15) is 51.4 Å². The molecule has 2 aliphatic rings. The van der Waals surface area contributed by atoms with Gasteiger partial charge in [0, 0.05) is 6.04 Å². The van der Waals surface area contributed by atoms with E-state index in [1.165, 1.54) is 51.4 Å². The Morgan fingerprint density at radius 2 is 1.80 bits per heavy atom. The van der Waals surface area contributed by atoms with Crippen molar-refractivity contribution in [1.29, 1.82) is 0 Å². The van der Waals surface area contributed by atoms with Gasteiger partial charge in [-0.1, -0.05) is 31.4 Å². The van der Waals surface area contributed by atoms with Crippen LogP contribution in [0.4, 0.5) is 0 Å². The molecule has 1 nitrogen and oxygen atoms in total. The normalized spacial score (nSPS) is 30.3. The topological polar surface area (TPSA) is 12.0 Å². The number of rotatable bonds is 3. The zero-order valence-electron chi connectivity index (χ0n) is 10.0. The van der Waals surface area contributed by atoms with Gasteiger partial charge in [0.2, 0.25) is 0 Å².